The highest BCUT2D eigenvalue weighted by Crippen LogP contribution is 2.19. The molecule has 1 aromatic heterocycles. The maximum Gasteiger partial charge on any atom is 0.274 e. The van der Waals surface area contributed by atoms with Gasteiger partial charge in [0.15, 0.2) is 5.69 Å². The number of carbonyl (C=O) groups is 1. The van der Waals surface area contributed by atoms with Crippen molar-refractivity contribution in [2.75, 3.05) is 26.2 Å². The van der Waals surface area contributed by atoms with Gasteiger partial charge in [0.25, 0.3) is 5.91 Å². The minimum atomic E-state index is 0. The number of hydrogen-bond donors (Lipinski definition) is 2. The van der Waals surface area contributed by atoms with Crippen molar-refractivity contribution >= 4 is 18.3 Å². The summed E-state index contributed by atoms with van der Waals surface area (Å²) in [5.74, 6) is 0.0376. The van der Waals surface area contributed by atoms with Crippen LogP contribution in [0.15, 0.2) is 0 Å². The van der Waals surface area contributed by atoms with Gasteiger partial charge in [0, 0.05) is 43.9 Å². The number of carbonyl (C=O) groups excluding carboxylic acids is 1. The summed E-state index contributed by atoms with van der Waals surface area (Å²) in [4.78, 5) is 14.5. The van der Waals surface area contributed by atoms with E-state index < -0.39 is 0 Å². The third kappa shape index (κ3) is 3.39. The molecule has 2 aliphatic rings. The molecule has 0 aliphatic carbocycles. The number of hydrogen-bond acceptors (Lipinski definition) is 4. The van der Waals surface area contributed by atoms with Gasteiger partial charge in [-0.2, -0.15) is 5.10 Å². The molecule has 1 unspecified atom stereocenters. The molecule has 2 aliphatic heterocycles. The smallest absolute Gasteiger partial charge is 0.274 e. The summed E-state index contributed by atoms with van der Waals surface area (Å²) in [6.07, 6.45) is 3.17. The molecule has 118 valence electrons. The van der Waals surface area contributed by atoms with E-state index in [1.807, 2.05) is 4.90 Å². The van der Waals surface area contributed by atoms with Gasteiger partial charge in [0.05, 0.1) is 12.7 Å². The maximum atomic E-state index is 12.6. The second-order valence-corrected chi connectivity index (χ2v) is 5.49. The largest absolute Gasteiger partial charge is 0.375 e. The predicted octanol–water partition coefficient (Wildman–Crippen LogP) is 1.12. The van der Waals surface area contributed by atoms with Crippen LogP contribution in [0.25, 0.3) is 0 Å². The van der Waals surface area contributed by atoms with Crippen LogP contribution in [-0.4, -0.2) is 53.3 Å². The van der Waals surface area contributed by atoms with Crippen molar-refractivity contribution in [3.8, 4) is 0 Å². The molecule has 1 atom stereocenters. The molecule has 0 aromatic carbocycles. The van der Waals surface area contributed by atoms with Gasteiger partial charge in [-0.05, 0) is 6.42 Å². The second-order valence-electron chi connectivity index (χ2n) is 5.49. The number of fused-ring (bicyclic) bond motifs is 1. The monoisotopic (exact) mass is 314 g/mol. The molecular weight excluding hydrogens is 292 g/mol. The zero-order chi connectivity index (χ0) is 13.9. The summed E-state index contributed by atoms with van der Waals surface area (Å²) in [5.41, 5.74) is 2.73. The van der Waals surface area contributed by atoms with E-state index in [4.69, 9.17) is 4.74 Å². The molecule has 7 heteroatoms. The second kappa shape index (κ2) is 7.24. The molecule has 1 amide bonds. The molecule has 1 aromatic rings. The van der Waals surface area contributed by atoms with Crippen LogP contribution in [0.5, 0.6) is 0 Å². The highest BCUT2D eigenvalue weighted by atomic mass is 35.5. The third-order valence-corrected chi connectivity index (χ3v) is 4.05. The van der Waals surface area contributed by atoms with Crippen molar-refractivity contribution in [2.45, 2.75) is 38.8 Å². The molecule has 1 saturated heterocycles. The van der Waals surface area contributed by atoms with Crippen molar-refractivity contribution in [1.82, 2.24) is 20.4 Å². The van der Waals surface area contributed by atoms with E-state index in [-0.39, 0.29) is 24.4 Å². The number of H-pyrrole nitrogens is 1. The number of aromatic nitrogens is 2. The Balaban J connectivity index is 0.00000161. The Morgan fingerprint density at radius 3 is 3.19 bits per heavy atom. The van der Waals surface area contributed by atoms with Gasteiger partial charge in [-0.3, -0.25) is 9.89 Å². The third-order valence-electron chi connectivity index (χ3n) is 4.05. The Labute approximate surface area is 131 Å². The van der Waals surface area contributed by atoms with Crippen molar-refractivity contribution in [3.05, 3.63) is 17.0 Å². The fourth-order valence-electron chi connectivity index (χ4n) is 2.95. The van der Waals surface area contributed by atoms with E-state index in [1.165, 1.54) is 0 Å². The molecule has 0 saturated carbocycles. The van der Waals surface area contributed by atoms with Crippen LogP contribution in [0.4, 0.5) is 0 Å². The lowest BCUT2D eigenvalue weighted by Crippen LogP contribution is -2.46. The number of amides is 1. The van der Waals surface area contributed by atoms with Gasteiger partial charge in [-0.15, -0.1) is 12.4 Å². The van der Waals surface area contributed by atoms with Crippen molar-refractivity contribution in [1.29, 1.82) is 0 Å². The molecule has 2 N–H and O–H groups in total. The standard InChI is InChI=1S/C14H22N4O2.ClH/c1-2-3-10-9-18(6-7-20-10)14(19)13-11-8-15-5-4-12(11)16-17-13;/h10,15H,2-9H2,1H3,(H,16,17);1H. The van der Waals surface area contributed by atoms with Gasteiger partial charge in [-0.25, -0.2) is 0 Å². The Kier molecular flexibility index (Phi) is 5.61. The lowest BCUT2D eigenvalue weighted by molar-refractivity contribution is -0.0252. The van der Waals surface area contributed by atoms with Gasteiger partial charge in [-0.1, -0.05) is 13.3 Å². The minimum Gasteiger partial charge on any atom is -0.375 e. The van der Waals surface area contributed by atoms with E-state index in [9.17, 15) is 4.79 Å². The summed E-state index contributed by atoms with van der Waals surface area (Å²) in [5, 5.41) is 10.6. The quantitative estimate of drug-likeness (QED) is 0.877. The van der Waals surface area contributed by atoms with Crippen LogP contribution in [-0.2, 0) is 17.7 Å². The summed E-state index contributed by atoms with van der Waals surface area (Å²) in [6, 6.07) is 0. The number of ether oxygens (including phenoxy) is 1. The highest BCUT2D eigenvalue weighted by molar-refractivity contribution is 5.94. The van der Waals surface area contributed by atoms with Crippen LogP contribution in [0, 0.1) is 0 Å². The van der Waals surface area contributed by atoms with E-state index in [1.54, 1.807) is 0 Å². The summed E-state index contributed by atoms with van der Waals surface area (Å²) >= 11 is 0. The molecule has 21 heavy (non-hydrogen) atoms. The Morgan fingerprint density at radius 2 is 2.38 bits per heavy atom. The van der Waals surface area contributed by atoms with Gasteiger partial charge in [0.1, 0.15) is 0 Å². The van der Waals surface area contributed by atoms with Gasteiger partial charge in [0.2, 0.25) is 0 Å². The molecular formula is C14H23ClN4O2. The lowest BCUT2D eigenvalue weighted by atomic mass is 10.1. The average Bonchev–Trinajstić information content (AvgIpc) is 2.91. The topological polar surface area (TPSA) is 70.2 Å². The van der Waals surface area contributed by atoms with E-state index in [0.717, 1.165) is 43.6 Å². The van der Waals surface area contributed by atoms with Crippen molar-refractivity contribution < 1.29 is 9.53 Å². The zero-order valence-corrected chi connectivity index (χ0v) is 13.2. The van der Waals surface area contributed by atoms with Crippen LogP contribution in [0.3, 0.4) is 0 Å². The van der Waals surface area contributed by atoms with E-state index in [0.29, 0.717) is 25.4 Å². The molecule has 6 nitrogen and oxygen atoms in total. The Hall–Kier alpha value is -1.11. The first-order valence-electron chi connectivity index (χ1n) is 7.47. The van der Waals surface area contributed by atoms with Crippen LogP contribution < -0.4 is 5.32 Å². The van der Waals surface area contributed by atoms with E-state index >= 15 is 0 Å². The summed E-state index contributed by atoms with van der Waals surface area (Å²) in [6.45, 7) is 5.78. The fraction of sp³-hybridized carbons (Fsp3) is 0.714. The SMILES string of the molecule is CCCC1CN(C(=O)c2n[nH]c3c2CNCC3)CCO1.Cl. The van der Waals surface area contributed by atoms with Crippen LogP contribution in [0.1, 0.15) is 41.5 Å². The predicted molar refractivity (Wildman–Crippen MR) is 81.8 cm³/mol. The summed E-state index contributed by atoms with van der Waals surface area (Å²) < 4.78 is 5.69. The number of rotatable bonds is 3. The Morgan fingerprint density at radius 1 is 1.52 bits per heavy atom. The van der Waals surface area contributed by atoms with Crippen LogP contribution >= 0.6 is 12.4 Å². The molecule has 3 rings (SSSR count). The van der Waals surface area contributed by atoms with Gasteiger partial charge >= 0.3 is 0 Å². The number of morpholine rings is 1. The van der Waals surface area contributed by atoms with E-state index in [2.05, 4.69) is 22.4 Å². The molecule has 0 radical (unpaired) electrons. The average molecular weight is 315 g/mol. The first-order valence-corrected chi connectivity index (χ1v) is 7.47. The number of aromatic amines is 1. The minimum absolute atomic E-state index is 0. The molecule has 1 fully saturated rings. The summed E-state index contributed by atoms with van der Waals surface area (Å²) in [7, 11) is 0. The number of halogens is 1. The molecule has 3 heterocycles. The maximum absolute atomic E-state index is 12.6. The zero-order valence-electron chi connectivity index (χ0n) is 12.4. The highest BCUT2D eigenvalue weighted by Gasteiger charge is 2.29. The molecule has 0 spiro atoms. The molecule has 0 bridgehead atoms. The van der Waals surface area contributed by atoms with Gasteiger partial charge < -0.3 is 15.0 Å². The first-order chi connectivity index (χ1) is 9.79. The van der Waals surface area contributed by atoms with Crippen molar-refractivity contribution in [3.63, 3.8) is 0 Å². The number of nitrogens with zero attached hydrogens (tertiary/aromatic N) is 2. The van der Waals surface area contributed by atoms with Crippen molar-refractivity contribution in [2.24, 2.45) is 0 Å². The normalized spacial score (nSPS) is 21.6. The number of nitrogens with one attached hydrogen (secondary N) is 2. The fourth-order valence-corrected chi connectivity index (χ4v) is 2.95. The van der Waals surface area contributed by atoms with Crippen LogP contribution in [0.2, 0.25) is 0 Å². The Bertz CT molecular complexity index is 489. The lowest BCUT2D eigenvalue weighted by Gasteiger charge is -2.32. The first kappa shape index (κ1) is 16.3.